The van der Waals surface area contributed by atoms with Gasteiger partial charge >= 0.3 is 6.09 Å². The molecule has 4 rings (SSSR count). The number of hydrogen-bond acceptors (Lipinski definition) is 6. The average molecular weight is 430 g/mol. The second-order valence-corrected chi connectivity index (χ2v) is 8.32. The molecule has 0 N–H and O–H groups in total. The Morgan fingerprint density at radius 3 is 2.55 bits per heavy atom. The third-order valence-electron chi connectivity index (χ3n) is 5.56. The molecule has 2 atom stereocenters. The molecule has 2 unspecified atom stereocenters. The van der Waals surface area contributed by atoms with Crippen LogP contribution in [0.1, 0.15) is 49.3 Å². The molecule has 0 aromatic carbocycles. The third-order valence-corrected chi connectivity index (χ3v) is 5.56. The van der Waals surface area contributed by atoms with Crippen LogP contribution in [0, 0.1) is 6.92 Å². The normalized spacial score (nSPS) is 21.3. The van der Waals surface area contributed by atoms with Crippen LogP contribution in [0.25, 0.3) is 5.82 Å². The number of pyridine rings is 1. The number of aromatic nitrogens is 4. The fraction of sp³-hybridized carbons (Fsp3) is 0.571. The van der Waals surface area contributed by atoms with Gasteiger partial charge in [-0.3, -0.25) is 4.79 Å². The van der Waals surface area contributed by atoms with E-state index in [0.717, 1.165) is 12.8 Å². The Morgan fingerprint density at radius 1 is 1.23 bits per heavy atom. The monoisotopic (exact) mass is 430 g/mol. The summed E-state index contributed by atoms with van der Waals surface area (Å²) in [5, 5.41) is 4.11. The van der Waals surface area contributed by atoms with E-state index in [9.17, 15) is 9.59 Å². The van der Waals surface area contributed by atoms with Gasteiger partial charge < -0.3 is 14.5 Å². The number of nitrogens with zero attached hydrogens (tertiary/aromatic N) is 6. The minimum atomic E-state index is -1.33. The van der Waals surface area contributed by atoms with Crippen LogP contribution in [0.3, 0.4) is 0 Å². The second-order valence-electron chi connectivity index (χ2n) is 8.32. The van der Waals surface area contributed by atoms with Gasteiger partial charge in [0.2, 0.25) is 0 Å². The van der Waals surface area contributed by atoms with Crippen LogP contribution in [0.5, 0.6) is 0 Å². The summed E-state index contributed by atoms with van der Waals surface area (Å²) in [7, 11) is 0. The Hall–Kier alpha value is -3.04. The van der Waals surface area contributed by atoms with Gasteiger partial charge in [0.25, 0.3) is 5.91 Å². The van der Waals surface area contributed by atoms with Gasteiger partial charge in [0.1, 0.15) is 18.3 Å². The molecule has 0 radical (unpaired) electrons. The van der Waals surface area contributed by atoms with Crippen LogP contribution >= 0.6 is 0 Å². The van der Waals surface area contributed by atoms with Crippen molar-refractivity contribution in [3.63, 3.8) is 0 Å². The zero-order chi connectivity index (χ0) is 22.1. The van der Waals surface area contributed by atoms with Gasteiger partial charge in [-0.2, -0.15) is 9.78 Å². The highest BCUT2D eigenvalue weighted by atomic mass is 19.1. The predicted molar refractivity (Wildman–Crippen MR) is 110 cm³/mol. The van der Waals surface area contributed by atoms with E-state index in [0.29, 0.717) is 30.2 Å². The topological polar surface area (TPSA) is 93.5 Å². The van der Waals surface area contributed by atoms with E-state index < -0.39 is 18.3 Å². The van der Waals surface area contributed by atoms with E-state index in [2.05, 4.69) is 15.1 Å². The van der Waals surface area contributed by atoms with E-state index in [1.165, 1.54) is 17.4 Å². The number of carbonyl (C=O) groups excluding carboxylic acids is 2. The molecule has 1 aliphatic carbocycles. The standard InChI is InChI=1S/C21H27FN6O3/c1-13(2)31-21(30)26-9-8-18(17(22)11-26)27(16-5-6-16)20(29)15-4-7-19(23-10-15)28-14(3)24-12-25-28/h4,7,10,12-13,16-18H,5-6,8-9,11H2,1-3H3. The van der Waals surface area contributed by atoms with Crippen molar-refractivity contribution in [2.45, 2.75) is 64.4 Å². The van der Waals surface area contributed by atoms with Crippen molar-refractivity contribution in [1.82, 2.24) is 29.5 Å². The Bertz CT molecular complexity index is 943. The fourth-order valence-electron chi connectivity index (χ4n) is 3.90. The Labute approximate surface area is 180 Å². The Kier molecular flexibility index (Phi) is 5.88. The van der Waals surface area contributed by atoms with Crippen molar-refractivity contribution in [1.29, 1.82) is 0 Å². The number of halogens is 1. The first-order valence-electron chi connectivity index (χ1n) is 10.6. The molecule has 0 bridgehead atoms. The molecule has 2 aromatic heterocycles. The zero-order valence-corrected chi connectivity index (χ0v) is 17.9. The van der Waals surface area contributed by atoms with Crippen molar-refractivity contribution >= 4 is 12.0 Å². The number of alkyl halides is 1. The van der Waals surface area contributed by atoms with E-state index in [1.54, 1.807) is 35.6 Å². The summed E-state index contributed by atoms with van der Waals surface area (Å²) in [5.41, 5.74) is 0.405. The smallest absolute Gasteiger partial charge is 0.410 e. The zero-order valence-electron chi connectivity index (χ0n) is 17.9. The molecule has 166 valence electrons. The van der Waals surface area contributed by atoms with Gasteiger partial charge in [-0.1, -0.05) is 0 Å². The Balaban J connectivity index is 1.47. The van der Waals surface area contributed by atoms with Gasteiger partial charge in [-0.25, -0.2) is 19.2 Å². The van der Waals surface area contributed by atoms with Gasteiger partial charge in [-0.15, -0.1) is 0 Å². The molecule has 1 saturated heterocycles. The molecule has 3 heterocycles. The summed E-state index contributed by atoms with van der Waals surface area (Å²) in [6.07, 6.45) is 2.93. The lowest BCUT2D eigenvalue weighted by molar-refractivity contribution is 0.0153. The molecule has 2 aliphatic rings. The molecule has 1 saturated carbocycles. The lowest BCUT2D eigenvalue weighted by atomic mass is 10.00. The lowest BCUT2D eigenvalue weighted by Crippen LogP contribution is -2.56. The Morgan fingerprint density at radius 2 is 2.00 bits per heavy atom. The van der Waals surface area contributed by atoms with Gasteiger partial charge in [0, 0.05) is 18.8 Å². The van der Waals surface area contributed by atoms with Crippen molar-refractivity contribution in [3.05, 3.63) is 36.0 Å². The minimum Gasteiger partial charge on any atom is -0.447 e. The van der Waals surface area contributed by atoms with Crippen molar-refractivity contribution in [3.8, 4) is 5.82 Å². The van der Waals surface area contributed by atoms with E-state index in [4.69, 9.17) is 4.74 Å². The summed E-state index contributed by atoms with van der Waals surface area (Å²) in [6, 6.07) is 2.85. The highest BCUT2D eigenvalue weighted by Crippen LogP contribution is 2.34. The average Bonchev–Trinajstić information content (AvgIpc) is 3.48. The maximum absolute atomic E-state index is 15.1. The summed E-state index contributed by atoms with van der Waals surface area (Å²) < 4.78 is 21.9. The van der Waals surface area contributed by atoms with Crippen molar-refractivity contribution in [2.75, 3.05) is 13.1 Å². The number of hydrogen-bond donors (Lipinski definition) is 0. The lowest BCUT2D eigenvalue weighted by Gasteiger charge is -2.40. The van der Waals surface area contributed by atoms with Crippen LogP contribution in [0.2, 0.25) is 0 Å². The number of aryl methyl sites for hydroxylation is 1. The van der Waals surface area contributed by atoms with Crippen LogP contribution in [-0.4, -0.2) is 79.0 Å². The SMILES string of the molecule is Cc1ncnn1-c1ccc(C(=O)N(C2CC2)C2CCN(C(=O)OC(C)C)CC2F)cn1. The number of ether oxygens (including phenoxy) is 1. The molecule has 31 heavy (non-hydrogen) atoms. The maximum Gasteiger partial charge on any atom is 0.410 e. The number of likely N-dealkylation sites (tertiary alicyclic amines) is 1. The fourth-order valence-corrected chi connectivity index (χ4v) is 3.90. The van der Waals surface area contributed by atoms with Gasteiger partial charge in [0.15, 0.2) is 5.82 Å². The number of piperidine rings is 1. The van der Waals surface area contributed by atoms with Crippen LogP contribution < -0.4 is 0 Å². The first-order chi connectivity index (χ1) is 14.8. The molecular formula is C21H27FN6O3. The molecule has 2 aromatic rings. The van der Waals surface area contributed by atoms with Crippen molar-refractivity contribution < 1.29 is 18.7 Å². The highest BCUT2D eigenvalue weighted by Gasteiger charge is 2.44. The maximum atomic E-state index is 15.1. The second kappa shape index (κ2) is 8.60. The number of carbonyl (C=O) groups is 2. The summed E-state index contributed by atoms with van der Waals surface area (Å²) in [4.78, 5) is 36.9. The summed E-state index contributed by atoms with van der Waals surface area (Å²) in [6.45, 7) is 5.61. The van der Waals surface area contributed by atoms with Crippen LogP contribution in [0.4, 0.5) is 9.18 Å². The predicted octanol–water partition coefficient (Wildman–Crippen LogP) is 2.53. The quantitative estimate of drug-likeness (QED) is 0.724. The van der Waals surface area contributed by atoms with Crippen LogP contribution in [-0.2, 0) is 4.74 Å². The number of amides is 2. The van der Waals surface area contributed by atoms with Gasteiger partial charge in [0.05, 0.1) is 24.3 Å². The molecule has 2 fully saturated rings. The first-order valence-corrected chi connectivity index (χ1v) is 10.6. The first kappa shape index (κ1) is 21.2. The molecule has 1 aliphatic heterocycles. The summed E-state index contributed by atoms with van der Waals surface area (Å²) in [5.74, 6) is 1.02. The molecule has 10 heteroatoms. The largest absolute Gasteiger partial charge is 0.447 e. The van der Waals surface area contributed by atoms with Crippen molar-refractivity contribution in [2.24, 2.45) is 0 Å². The minimum absolute atomic E-state index is 0.0298. The molecule has 0 spiro atoms. The highest BCUT2D eigenvalue weighted by molar-refractivity contribution is 5.94. The summed E-state index contributed by atoms with van der Waals surface area (Å²) >= 11 is 0. The van der Waals surface area contributed by atoms with E-state index >= 15 is 4.39 Å². The molecular weight excluding hydrogens is 403 g/mol. The molecule has 2 amide bonds. The van der Waals surface area contributed by atoms with Crippen LogP contribution in [0.15, 0.2) is 24.7 Å². The van der Waals surface area contributed by atoms with E-state index in [1.807, 2.05) is 6.92 Å². The third kappa shape index (κ3) is 4.52. The van der Waals surface area contributed by atoms with E-state index in [-0.39, 0.29) is 24.6 Å². The molecule has 9 nitrogen and oxygen atoms in total. The number of rotatable bonds is 5. The van der Waals surface area contributed by atoms with Gasteiger partial charge in [-0.05, 0) is 52.2 Å².